The normalized spacial score (nSPS) is 14.5. The first kappa shape index (κ1) is 25.6. The molecule has 7 heteroatoms. The number of hydrogen-bond acceptors (Lipinski definition) is 6. The maximum atomic E-state index is 12.1. The number of H-pyrrole nitrogens is 1. The number of ether oxygens (including phenoxy) is 2. The average molecular weight is 412 g/mol. The van der Waals surface area contributed by atoms with E-state index in [-0.39, 0.29) is 13.2 Å². The lowest BCUT2D eigenvalue weighted by Crippen LogP contribution is -2.61. The van der Waals surface area contributed by atoms with Crippen molar-refractivity contribution in [1.82, 2.24) is 9.97 Å². The molecule has 0 aliphatic rings. The number of aliphatic hydroxyl groups is 1. The molecule has 1 rings (SSSR count). The molecule has 0 saturated heterocycles. The zero-order valence-corrected chi connectivity index (χ0v) is 18.5. The van der Waals surface area contributed by atoms with Crippen molar-refractivity contribution in [2.45, 2.75) is 96.1 Å². The molecule has 0 bridgehead atoms. The maximum Gasteiger partial charge on any atom is 0.331 e. The molecule has 0 aliphatic heterocycles. The number of methoxy groups -OCH3 is 1. The van der Waals surface area contributed by atoms with Crippen molar-refractivity contribution in [1.29, 1.82) is 0 Å². The van der Waals surface area contributed by atoms with Crippen LogP contribution in [-0.4, -0.2) is 53.0 Å². The molecule has 1 heterocycles. The Balaban J connectivity index is 2.34. The van der Waals surface area contributed by atoms with Crippen LogP contribution in [0, 0.1) is 0 Å². The number of aliphatic hydroxyl groups excluding tert-OH is 1. The van der Waals surface area contributed by atoms with E-state index >= 15 is 0 Å². The lowest BCUT2D eigenvalue weighted by molar-refractivity contribution is -0.157. The third-order valence-electron chi connectivity index (χ3n) is 5.26. The predicted molar refractivity (Wildman–Crippen MR) is 115 cm³/mol. The van der Waals surface area contributed by atoms with Crippen LogP contribution in [0.2, 0.25) is 0 Å². The summed E-state index contributed by atoms with van der Waals surface area (Å²) in [5.41, 5.74) is 5.60. The average Bonchev–Trinajstić information content (AvgIpc) is 3.15. The van der Waals surface area contributed by atoms with Crippen LogP contribution < -0.4 is 5.73 Å². The highest BCUT2D eigenvalue weighted by molar-refractivity contribution is 5.81. The fourth-order valence-electron chi connectivity index (χ4n) is 3.45. The van der Waals surface area contributed by atoms with E-state index in [1.54, 1.807) is 6.92 Å². The van der Waals surface area contributed by atoms with Gasteiger partial charge in [0.15, 0.2) is 5.54 Å². The van der Waals surface area contributed by atoms with E-state index in [4.69, 9.17) is 15.2 Å². The first-order valence-corrected chi connectivity index (χ1v) is 11.1. The van der Waals surface area contributed by atoms with E-state index in [0.717, 1.165) is 30.8 Å². The number of nitrogens with zero attached hydrogens (tertiary/aromatic N) is 1. The fourth-order valence-corrected chi connectivity index (χ4v) is 3.45. The number of unbranched alkanes of at least 4 members (excludes halogenated alkanes) is 6. The zero-order chi connectivity index (χ0) is 21.5. The van der Waals surface area contributed by atoms with Crippen molar-refractivity contribution in [2.75, 3.05) is 20.3 Å². The van der Waals surface area contributed by atoms with Crippen LogP contribution in [0.15, 0.2) is 6.20 Å². The largest absolute Gasteiger partial charge is 0.464 e. The molecule has 1 aromatic rings. The summed E-state index contributed by atoms with van der Waals surface area (Å²) < 4.78 is 10.0. The predicted octanol–water partition coefficient (Wildman–Crippen LogP) is 3.29. The van der Waals surface area contributed by atoms with Crippen LogP contribution in [0.4, 0.5) is 0 Å². The minimum absolute atomic E-state index is 0.0837. The van der Waals surface area contributed by atoms with Crippen molar-refractivity contribution in [3.63, 3.8) is 0 Å². The monoisotopic (exact) mass is 411 g/mol. The van der Waals surface area contributed by atoms with Crippen molar-refractivity contribution < 1.29 is 19.4 Å². The van der Waals surface area contributed by atoms with Gasteiger partial charge in [-0.1, -0.05) is 45.4 Å². The van der Waals surface area contributed by atoms with E-state index in [9.17, 15) is 9.90 Å². The summed E-state index contributed by atoms with van der Waals surface area (Å²) in [7, 11) is 1.45. The van der Waals surface area contributed by atoms with Crippen molar-refractivity contribution in [3.05, 3.63) is 17.7 Å². The van der Waals surface area contributed by atoms with Gasteiger partial charge in [-0.25, -0.2) is 9.78 Å². The number of imidazole rings is 1. The maximum absolute atomic E-state index is 12.1. The minimum Gasteiger partial charge on any atom is -0.464 e. The van der Waals surface area contributed by atoms with Crippen LogP contribution in [0.25, 0.3) is 0 Å². The number of nitrogens with one attached hydrogen (secondary N) is 1. The van der Waals surface area contributed by atoms with Gasteiger partial charge in [-0.15, -0.1) is 0 Å². The zero-order valence-electron chi connectivity index (χ0n) is 18.5. The van der Waals surface area contributed by atoms with Crippen LogP contribution in [0.5, 0.6) is 0 Å². The summed E-state index contributed by atoms with van der Waals surface area (Å²) in [4.78, 5) is 19.9. The first-order chi connectivity index (χ1) is 14.0. The number of carbonyl (C=O) groups is 1. The van der Waals surface area contributed by atoms with Gasteiger partial charge in [0.2, 0.25) is 0 Å². The molecule has 0 spiro atoms. The van der Waals surface area contributed by atoms with Gasteiger partial charge >= 0.3 is 5.97 Å². The molecule has 0 aliphatic carbocycles. The molecule has 4 N–H and O–H groups in total. The number of nitrogens with two attached hydrogens (primary N) is 1. The van der Waals surface area contributed by atoms with Gasteiger partial charge < -0.3 is 25.3 Å². The Morgan fingerprint density at radius 1 is 1.17 bits per heavy atom. The van der Waals surface area contributed by atoms with Crippen LogP contribution in [-0.2, 0) is 27.1 Å². The summed E-state index contributed by atoms with van der Waals surface area (Å²) in [5, 5.41) is 10.5. The smallest absolute Gasteiger partial charge is 0.331 e. The second-order valence-corrected chi connectivity index (χ2v) is 7.83. The summed E-state index contributed by atoms with van der Waals surface area (Å²) in [5.74, 6) is 0.390. The first-order valence-electron chi connectivity index (χ1n) is 11.1. The van der Waals surface area contributed by atoms with Crippen molar-refractivity contribution >= 4 is 5.97 Å². The van der Waals surface area contributed by atoms with E-state index < -0.39 is 17.6 Å². The molecule has 0 saturated carbocycles. The molecule has 0 fully saturated rings. The van der Waals surface area contributed by atoms with Gasteiger partial charge in [0, 0.05) is 25.4 Å². The quantitative estimate of drug-likeness (QED) is 0.268. The highest BCUT2D eigenvalue weighted by atomic mass is 16.5. The molecular formula is C22H41N3O4. The van der Waals surface area contributed by atoms with Crippen LogP contribution >= 0.6 is 0 Å². The highest BCUT2D eigenvalue weighted by Crippen LogP contribution is 2.17. The Morgan fingerprint density at radius 2 is 1.86 bits per heavy atom. The molecule has 168 valence electrons. The molecule has 0 radical (unpaired) electrons. The van der Waals surface area contributed by atoms with Gasteiger partial charge in [-0.05, 0) is 32.6 Å². The molecule has 2 atom stereocenters. The van der Waals surface area contributed by atoms with Gasteiger partial charge in [0.1, 0.15) is 5.82 Å². The molecule has 7 nitrogen and oxygen atoms in total. The van der Waals surface area contributed by atoms with E-state index in [1.165, 1.54) is 45.6 Å². The van der Waals surface area contributed by atoms with E-state index in [2.05, 4.69) is 16.9 Å². The Bertz CT molecular complexity index is 564. The fraction of sp³-hybridized carbons (Fsp3) is 0.818. The van der Waals surface area contributed by atoms with Crippen LogP contribution in [0.1, 0.15) is 83.2 Å². The molecule has 1 aromatic heterocycles. The third-order valence-corrected chi connectivity index (χ3v) is 5.26. The molecule has 2 unspecified atom stereocenters. The number of hydrogen-bond donors (Lipinski definition) is 3. The Hall–Kier alpha value is -1.44. The Kier molecular flexibility index (Phi) is 12.8. The van der Waals surface area contributed by atoms with Gasteiger partial charge in [-0.3, -0.25) is 0 Å². The molecule has 0 aromatic carbocycles. The number of rotatable bonds is 17. The third kappa shape index (κ3) is 9.28. The summed E-state index contributed by atoms with van der Waals surface area (Å²) in [6.07, 6.45) is 12.6. The van der Waals surface area contributed by atoms with Gasteiger partial charge in [0.05, 0.1) is 19.3 Å². The molecule has 0 amide bonds. The Labute approximate surface area is 175 Å². The standard InChI is InChI=1S/C22H41N3O4/c1-4-6-7-8-9-10-11-15-20-24-16-18(25-20)13-12-14-19(26)22(23,17-28-3)21(27)29-5-2/h16,19,26H,4-15,17,23H2,1-3H3,(H,24,25). The number of aryl methyl sites for hydroxylation is 2. The topological polar surface area (TPSA) is 110 Å². The van der Waals surface area contributed by atoms with E-state index in [0.29, 0.717) is 12.8 Å². The molecular weight excluding hydrogens is 370 g/mol. The molecule has 29 heavy (non-hydrogen) atoms. The number of esters is 1. The highest BCUT2D eigenvalue weighted by Gasteiger charge is 2.42. The lowest BCUT2D eigenvalue weighted by atomic mass is 9.90. The van der Waals surface area contributed by atoms with Crippen LogP contribution in [0.3, 0.4) is 0 Å². The minimum atomic E-state index is -1.54. The van der Waals surface area contributed by atoms with E-state index in [1.807, 2.05) is 6.20 Å². The second kappa shape index (κ2) is 14.5. The van der Waals surface area contributed by atoms with Crippen molar-refractivity contribution in [3.8, 4) is 0 Å². The number of aromatic amines is 1. The summed E-state index contributed by atoms with van der Waals surface area (Å²) in [6.45, 7) is 4.07. The number of aromatic nitrogens is 2. The second-order valence-electron chi connectivity index (χ2n) is 7.83. The SMILES string of the molecule is CCCCCCCCCc1ncc(CCCC(O)C(N)(COC)C(=O)OCC)[nH]1. The Morgan fingerprint density at radius 3 is 2.52 bits per heavy atom. The number of carbonyl (C=O) groups excluding carboxylic acids is 1. The van der Waals surface area contributed by atoms with Gasteiger partial charge in [0.25, 0.3) is 0 Å². The van der Waals surface area contributed by atoms with Crippen molar-refractivity contribution in [2.24, 2.45) is 5.73 Å². The lowest BCUT2D eigenvalue weighted by Gasteiger charge is -2.31. The summed E-state index contributed by atoms with van der Waals surface area (Å²) in [6, 6.07) is 0. The van der Waals surface area contributed by atoms with Gasteiger partial charge in [-0.2, -0.15) is 0 Å². The summed E-state index contributed by atoms with van der Waals surface area (Å²) >= 11 is 0.